The summed E-state index contributed by atoms with van der Waals surface area (Å²) in [6.07, 6.45) is 1.05. The SMILES string of the molecule is CC(=O)N(CCc1noc(C)n1)C1CCN(S(=O)(=O)Cc2ccccc2Cl)C1. The summed E-state index contributed by atoms with van der Waals surface area (Å²) in [4.78, 5) is 18.0. The van der Waals surface area contributed by atoms with Crippen LogP contribution in [0.1, 0.15) is 30.6 Å². The fourth-order valence-electron chi connectivity index (χ4n) is 3.38. The molecule has 1 aromatic carbocycles. The van der Waals surface area contributed by atoms with Crippen molar-refractivity contribution < 1.29 is 17.7 Å². The maximum absolute atomic E-state index is 12.8. The third-order valence-corrected chi connectivity index (χ3v) is 6.97. The van der Waals surface area contributed by atoms with E-state index < -0.39 is 10.0 Å². The zero-order chi connectivity index (χ0) is 20.3. The first-order chi connectivity index (χ1) is 13.3. The molecule has 1 fully saturated rings. The first-order valence-corrected chi connectivity index (χ1v) is 11.0. The Bertz CT molecular complexity index is 947. The van der Waals surface area contributed by atoms with Crippen molar-refractivity contribution in [1.82, 2.24) is 19.3 Å². The van der Waals surface area contributed by atoms with Crippen molar-refractivity contribution in [2.45, 2.75) is 38.5 Å². The minimum Gasteiger partial charge on any atom is -0.340 e. The molecule has 1 saturated heterocycles. The van der Waals surface area contributed by atoms with Crippen molar-refractivity contribution in [2.75, 3.05) is 19.6 Å². The molecule has 1 amide bonds. The molecule has 1 aliphatic heterocycles. The third kappa shape index (κ3) is 4.89. The van der Waals surface area contributed by atoms with Gasteiger partial charge in [-0.3, -0.25) is 4.79 Å². The van der Waals surface area contributed by atoms with E-state index in [1.54, 1.807) is 36.1 Å². The fraction of sp³-hybridized carbons (Fsp3) is 0.500. The van der Waals surface area contributed by atoms with Crippen LogP contribution in [-0.2, 0) is 27.0 Å². The summed E-state index contributed by atoms with van der Waals surface area (Å²) in [7, 11) is -3.52. The van der Waals surface area contributed by atoms with E-state index in [-0.39, 0.29) is 24.2 Å². The van der Waals surface area contributed by atoms with E-state index in [1.165, 1.54) is 11.2 Å². The quantitative estimate of drug-likeness (QED) is 0.672. The average Bonchev–Trinajstić information content (AvgIpc) is 3.27. The van der Waals surface area contributed by atoms with Crippen LogP contribution >= 0.6 is 11.6 Å². The third-order valence-electron chi connectivity index (χ3n) is 4.81. The van der Waals surface area contributed by atoms with Gasteiger partial charge >= 0.3 is 0 Å². The topological polar surface area (TPSA) is 96.6 Å². The summed E-state index contributed by atoms with van der Waals surface area (Å²) in [5, 5.41) is 4.27. The molecule has 28 heavy (non-hydrogen) atoms. The molecule has 0 saturated carbocycles. The van der Waals surface area contributed by atoms with E-state index in [4.69, 9.17) is 16.1 Å². The van der Waals surface area contributed by atoms with Gasteiger partial charge in [0.05, 0.1) is 5.75 Å². The second-order valence-corrected chi connectivity index (χ2v) is 9.22. The van der Waals surface area contributed by atoms with Gasteiger partial charge in [-0.1, -0.05) is 35.0 Å². The van der Waals surface area contributed by atoms with Gasteiger partial charge < -0.3 is 9.42 Å². The number of sulfonamides is 1. The van der Waals surface area contributed by atoms with Crippen molar-refractivity contribution in [3.05, 3.63) is 46.6 Å². The molecule has 0 aliphatic carbocycles. The molecular weight excluding hydrogens is 404 g/mol. The molecule has 1 aliphatic rings. The van der Waals surface area contributed by atoms with Gasteiger partial charge in [0, 0.05) is 51.0 Å². The van der Waals surface area contributed by atoms with E-state index in [0.29, 0.717) is 48.2 Å². The van der Waals surface area contributed by atoms with Crippen LogP contribution in [-0.4, -0.2) is 59.3 Å². The van der Waals surface area contributed by atoms with E-state index in [1.807, 2.05) is 0 Å². The van der Waals surface area contributed by atoms with Crippen LogP contribution in [0.4, 0.5) is 0 Å². The lowest BCUT2D eigenvalue weighted by molar-refractivity contribution is -0.130. The number of nitrogens with zero attached hydrogens (tertiary/aromatic N) is 4. The molecule has 1 unspecified atom stereocenters. The second kappa shape index (κ2) is 8.59. The minimum absolute atomic E-state index is 0.101. The largest absolute Gasteiger partial charge is 0.340 e. The number of carbonyl (C=O) groups is 1. The van der Waals surface area contributed by atoms with E-state index in [9.17, 15) is 13.2 Å². The Labute approximate surface area is 169 Å². The van der Waals surface area contributed by atoms with Crippen LogP contribution in [0.15, 0.2) is 28.8 Å². The van der Waals surface area contributed by atoms with Gasteiger partial charge in [-0.15, -0.1) is 0 Å². The molecule has 3 rings (SSSR count). The number of hydrogen-bond donors (Lipinski definition) is 0. The van der Waals surface area contributed by atoms with E-state index in [2.05, 4.69) is 10.1 Å². The highest BCUT2D eigenvalue weighted by atomic mass is 35.5. The summed E-state index contributed by atoms with van der Waals surface area (Å²) in [5.74, 6) is 0.754. The predicted octanol–water partition coefficient (Wildman–Crippen LogP) is 2.03. The molecule has 10 heteroatoms. The van der Waals surface area contributed by atoms with Crippen molar-refractivity contribution in [2.24, 2.45) is 0 Å². The lowest BCUT2D eigenvalue weighted by Gasteiger charge is -2.27. The fourth-order valence-corrected chi connectivity index (χ4v) is 5.27. The molecular formula is C18H23ClN4O4S. The summed E-state index contributed by atoms with van der Waals surface area (Å²) < 4.78 is 32.0. The smallest absolute Gasteiger partial charge is 0.223 e. The standard InChI is InChI=1S/C18H23ClN4O4S/c1-13-20-18(21-27-13)8-10-23(14(2)24)16-7-9-22(11-16)28(25,26)12-15-5-3-4-6-17(15)19/h3-6,16H,7-12H2,1-2H3. The molecule has 152 valence electrons. The zero-order valence-corrected chi connectivity index (χ0v) is 17.4. The van der Waals surface area contributed by atoms with Crippen LogP contribution in [0.3, 0.4) is 0 Å². The monoisotopic (exact) mass is 426 g/mol. The summed E-state index contributed by atoms with van der Waals surface area (Å²) in [5.41, 5.74) is 0.573. The summed E-state index contributed by atoms with van der Waals surface area (Å²) in [6.45, 7) is 4.26. The van der Waals surface area contributed by atoms with Crippen LogP contribution in [0.5, 0.6) is 0 Å². The van der Waals surface area contributed by atoms with Gasteiger partial charge in [0.1, 0.15) is 0 Å². The highest BCUT2D eigenvalue weighted by molar-refractivity contribution is 7.88. The maximum atomic E-state index is 12.8. The first kappa shape index (κ1) is 20.8. The molecule has 0 N–H and O–H groups in total. The number of aryl methyl sites for hydroxylation is 1. The number of rotatable bonds is 7. The first-order valence-electron chi connectivity index (χ1n) is 9.04. The lowest BCUT2D eigenvalue weighted by Crippen LogP contribution is -2.43. The Morgan fingerprint density at radius 1 is 1.39 bits per heavy atom. The number of halogens is 1. The zero-order valence-electron chi connectivity index (χ0n) is 15.8. The van der Waals surface area contributed by atoms with E-state index >= 15 is 0 Å². The van der Waals surface area contributed by atoms with E-state index in [0.717, 1.165) is 0 Å². The molecule has 1 atom stereocenters. The van der Waals surface area contributed by atoms with Crippen molar-refractivity contribution in [3.8, 4) is 0 Å². The minimum atomic E-state index is -3.52. The Hall–Kier alpha value is -1.97. The molecule has 0 spiro atoms. The summed E-state index contributed by atoms with van der Waals surface area (Å²) in [6, 6.07) is 6.74. The van der Waals surface area contributed by atoms with Crippen LogP contribution < -0.4 is 0 Å². The highest BCUT2D eigenvalue weighted by Crippen LogP contribution is 2.24. The molecule has 0 bridgehead atoms. The van der Waals surface area contributed by atoms with Gasteiger partial charge in [0.2, 0.25) is 21.8 Å². The van der Waals surface area contributed by atoms with Gasteiger partial charge in [0.15, 0.2) is 5.82 Å². The second-order valence-electron chi connectivity index (χ2n) is 6.84. The Balaban J connectivity index is 1.64. The summed E-state index contributed by atoms with van der Waals surface area (Å²) >= 11 is 6.10. The maximum Gasteiger partial charge on any atom is 0.223 e. The number of carbonyl (C=O) groups excluding carboxylic acids is 1. The average molecular weight is 427 g/mol. The number of amides is 1. The van der Waals surface area contributed by atoms with Crippen LogP contribution in [0.25, 0.3) is 0 Å². The van der Waals surface area contributed by atoms with Gasteiger partial charge in [-0.2, -0.15) is 9.29 Å². The molecule has 2 heterocycles. The molecule has 0 radical (unpaired) electrons. The normalized spacial score (nSPS) is 17.8. The van der Waals surface area contributed by atoms with Gasteiger partial charge in [-0.25, -0.2) is 8.42 Å². The number of aromatic nitrogens is 2. The van der Waals surface area contributed by atoms with Gasteiger partial charge in [0.25, 0.3) is 0 Å². The number of hydrogen-bond acceptors (Lipinski definition) is 6. The molecule has 2 aromatic rings. The van der Waals surface area contributed by atoms with Crippen molar-refractivity contribution >= 4 is 27.5 Å². The predicted molar refractivity (Wildman–Crippen MR) is 104 cm³/mol. The number of benzene rings is 1. The highest BCUT2D eigenvalue weighted by Gasteiger charge is 2.35. The van der Waals surface area contributed by atoms with Crippen LogP contribution in [0.2, 0.25) is 5.02 Å². The molecule has 8 nitrogen and oxygen atoms in total. The van der Waals surface area contributed by atoms with Crippen molar-refractivity contribution in [3.63, 3.8) is 0 Å². The van der Waals surface area contributed by atoms with Crippen molar-refractivity contribution in [1.29, 1.82) is 0 Å². The Kier molecular flexibility index (Phi) is 6.36. The Morgan fingerprint density at radius 2 is 2.14 bits per heavy atom. The Morgan fingerprint density at radius 3 is 2.79 bits per heavy atom. The molecule has 1 aromatic heterocycles. The van der Waals surface area contributed by atoms with Gasteiger partial charge in [-0.05, 0) is 18.1 Å². The van der Waals surface area contributed by atoms with Crippen LogP contribution in [0, 0.1) is 6.92 Å². The lowest BCUT2D eigenvalue weighted by atomic mass is 10.2.